The summed E-state index contributed by atoms with van der Waals surface area (Å²) in [6.07, 6.45) is 0.969. The van der Waals surface area contributed by atoms with Gasteiger partial charge in [-0.05, 0) is 12.1 Å². The summed E-state index contributed by atoms with van der Waals surface area (Å²) in [5.74, 6) is 0.345. The highest BCUT2D eigenvalue weighted by Crippen LogP contribution is 2.28. The summed E-state index contributed by atoms with van der Waals surface area (Å²) in [6, 6.07) is 10.8. The Morgan fingerprint density at radius 2 is 1.96 bits per heavy atom. The van der Waals surface area contributed by atoms with Gasteiger partial charge in [0.05, 0.1) is 11.2 Å². The van der Waals surface area contributed by atoms with E-state index in [1.54, 1.807) is 31.4 Å². The van der Waals surface area contributed by atoms with E-state index in [0.29, 0.717) is 28.7 Å². The first-order valence-electron chi connectivity index (χ1n) is 7.84. The fourth-order valence-corrected chi connectivity index (χ4v) is 2.49. The van der Waals surface area contributed by atoms with Crippen LogP contribution in [0.1, 0.15) is 23.7 Å². The minimum absolute atomic E-state index is 0.0938. The number of methoxy groups -OCH3 is 1. The highest BCUT2D eigenvalue weighted by atomic mass is 16.7. The van der Waals surface area contributed by atoms with Gasteiger partial charge in [0.1, 0.15) is 0 Å². The molecule has 0 saturated heterocycles. The number of hydrogen-bond acceptors (Lipinski definition) is 7. The van der Waals surface area contributed by atoms with Crippen molar-refractivity contribution in [3.63, 3.8) is 0 Å². The number of nitrogen functional groups attached to an aromatic ring is 1. The molecule has 0 aliphatic carbocycles. The van der Waals surface area contributed by atoms with Crippen LogP contribution in [0.2, 0.25) is 0 Å². The minimum atomic E-state index is -0.467. The second-order valence-electron chi connectivity index (χ2n) is 5.35. The summed E-state index contributed by atoms with van der Waals surface area (Å²) < 4.78 is 11.0. The fraction of sp³-hybridized carbons (Fsp3) is 0.222. The van der Waals surface area contributed by atoms with E-state index in [-0.39, 0.29) is 11.8 Å². The van der Waals surface area contributed by atoms with Crippen molar-refractivity contribution in [3.8, 4) is 17.1 Å². The lowest BCUT2D eigenvalue weighted by atomic mass is 10.0. The first-order valence-corrected chi connectivity index (χ1v) is 7.84. The molecule has 0 fully saturated rings. The van der Waals surface area contributed by atoms with Gasteiger partial charge in [-0.25, -0.2) is 9.97 Å². The maximum Gasteiger partial charge on any atom is 0.247 e. The number of nitrogens with two attached hydrogens (primary N) is 1. The lowest BCUT2D eigenvalue weighted by molar-refractivity contribution is -0.0564. The van der Waals surface area contributed by atoms with E-state index in [0.717, 1.165) is 11.8 Å². The molecule has 0 bridgehead atoms. The molecule has 3 aromatic rings. The number of rotatable bonds is 6. The average Bonchev–Trinajstić information content (AvgIpc) is 2.65. The normalized spacial score (nSPS) is 12.1. The molecule has 3 rings (SSSR count). The second-order valence-corrected chi connectivity index (χ2v) is 5.35. The summed E-state index contributed by atoms with van der Waals surface area (Å²) in [4.78, 5) is 24.2. The molecule has 7 heteroatoms. The van der Waals surface area contributed by atoms with E-state index < -0.39 is 6.29 Å². The molecule has 0 aliphatic heterocycles. The zero-order chi connectivity index (χ0) is 17.8. The predicted molar refractivity (Wildman–Crippen MR) is 94.3 cm³/mol. The van der Waals surface area contributed by atoms with Crippen molar-refractivity contribution in [2.24, 2.45) is 0 Å². The molecular formula is C18H18N4O3. The Balaban J connectivity index is 2.15. The number of ether oxygens (including phenoxy) is 2. The minimum Gasteiger partial charge on any atom is -0.446 e. The number of anilines is 1. The van der Waals surface area contributed by atoms with E-state index in [4.69, 9.17) is 15.2 Å². The monoisotopic (exact) mass is 338 g/mol. The number of aromatic nitrogens is 3. The standard InChI is InChI=1S/C18H18N4O3/c1-3-15(24-2)25-17-16-14(21-18(19)22-17)9-8-13(20-16)12-7-5-4-6-11(12)10-23/h4-10,15H,3H2,1-2H3,(H2,19,21,22)/t15-/m0/s1. The van der Waals surface area contributed by atoms with Crippen LogP contribution in [0.25, 0.3) is 22.3 Å². The molecular weight excluding hydrogens is 320 g/mol. The maximum atomic E-state index is 11.3. The Labute approximate surface area is 144 Å². The molecule has 2 heterocycles. The van der Waals surface area contributed by atoms with Gasteiger partial charge < -0.3 is 15.2 Å². The Morgan fingerprint density at radius 1 is 1.16 bits per heavy atom. The Kier molecular flexibility index (Phi) is 4.85. The predicted octanol–water partition coefficient (Wildman–Crippen LogP) is 2.85. The third-order valence-corrected chi connectivity index (χ3v) is 3.73. The first kappa shape index (κ1) is 16.8. The summed E-state index contributed by atoms with van der Waals surface area (Å²) in [5, 5.41) is 0. The quantitative estimate of drug-likeness (QED) is 0.545. The van der Waals surface area contributed by atoms with Crippen molar-refractivity contribution in [1.29, 1.82) is 0 Å². The molecule has 0 saturated carbocycles. The van der Waals surface area contributed by atoms with Crippen molar-refractivity contribution in [2.75, 3.05) is 12.8 Å². The van der Waals surface area contributed by atoms with Gasteiger partial charge in [0.15, 0.2) is 11.8 Å². The van der Waals surface area contributed by atoms with Crippen molar-refractivity contribution in [3.05, 3.63) is 42.0 Å². The van der Waals surface area contributed by atoms with Crippen molar-refractivity contribution in [1.82, 2.24) is 15.0 Å². The zero-order valence-electron chi connectivity index (χ0n) is 14.0. The van der Waals surface area contributed by atoms with E-state index in [1.165, 1.54) is 0 Å². The Morgan fingerprint density at radius 3 is 2.68 bits per heavy atom. The van der Waals surface area contributed by atoms with Crippen LogP contribution in [0.5, 0.6) is 5.88 Å². The molecule has 2 aromatic heterocycles. The summed E-state index contributed by atoms with van der Waals surface area (Å²) >= 11 is 0. The molecule has 0 unspecified atom stereocenters. The molecule has 1 aromatic carbocycles. The number of nitrogens with zero attached hydrogens (tertiary/aromatic N) is 3. The molecule has 7 nitrogen and oxygen atoms in total. The number of carbonyl (C=O) groups is 1. The average molecular weight is 338 g/mol. The highest BCUT2D eigenvalue weighted by Gasteiger charge is 2.15. The molecule has 128 valence electrons. The van der Waals surface area contributed by atoms with Gasteiger partial charge in [0.25, 0.3) is 0 Å². The van der Waals surface area contributed by atoms with Gasteiger partial charge in [0, 0.05) is 24.7 Å². The summed E-state index contributed by atoms with van der Waals surface area (Å²) in [6.45, 7) is 1.93. The fourth-order valence-electron chi connectivity index (χ4n) is 2.49. The summed E-state index contributed by atoms with van der Waals surface area (Å²) in [5.41, 5.74) is 8.68. The number of benzene rings is 1. The van der Waals surface area contributed by atoms with Gasteiger partial charge in [-0.2, -0.15) is 4.98 Å². The van der Waals surface area contributed by atoms with Crippen molar-refractivity contribution < 1.29 is 14.3 Å². The summed E-state index contributed by atoms with van der Waals surface area (Å²) in [7, 11) is 1.56. The van der Waals surface area contributed by atoms with E-state index in [9.17, 15) is 4.79 Å². The van der Waals surface area contributed by atoms with Crippen LogP contribution in [0, 0.1) is 0 Å². The Hall–Kier alpha value is -3.06. The smallest absolute Gasteiger partial charge is 0.247 e. The number of fused-ring (bicyclic) bond motifs is 1. The van der Waals surface area contributed by atoms with E-state index >= 15 is 0 Å². The molecule has 1 atom stereocenters. The van der Waals surface area contributed by atoms with Crippen LogP contribution in [0.4, 0.5) is 5.95 Å². The number of aldehydes is 1. The molecule has 25 heavy (non-hydrogen) atoms. The lowest BCUT2D eigenvalue weighted by Crippen LogP contribution is -2.19. The molecule has 0 spiro atoms. The van der Waals surface area contributed by atoms with Crippen LogP contribution in [0.15, 0.2) is 36.4 Å². The zero-order valence-corrected chi connectivity index (χ0v) is 14.0. The van der Waals surface area contributed by atoms with Gasteiger partial charge in [0.2, 0.25) is 18.1 Å². The molecule has 0 radical (unpaired) electrons. The topological polar surface area (TPSA) is 100 Å². The van der Waals surface area contributed by atoms with Gasteiger partial charge >= 0.3 is 0 Å². The SMILES string of the molecule is CC[C@@H](OC)Oc1nc(N)nc2ccc(-c3ccccc3C=O)nc12. The molecule has 2 N–H and O–H groups in total. The van der Waals surface area contributed by atoms with E-state index in [1.807, 2.05) is 19.1 Å². The van der Waals surface area contributed by atoms with Crippen LogP contribution >= 0.6 is 0 Å². The third-order valence-electron chi connectivity index (χ3n) is 3.73. The largest absolute Gasteiger partial charge is 0.446 e. The van der Waals surface area contributed by atoms with E-state index in [2.05, 4.69) is 15.0 Å². The second kappa shape index (κ2) is 7.23. The van der Waals surface area contributed by atoms with Crippen molar-refractivity contribution in [2.45, 2.75) is 19.6 Å². The molecule has 0 aliphatic rings. The number of hydrogen-bond donors (Lipinski definition) is 1. The maximum absolute atomic E-state index is 11.3. The third kappa shape index (κ3) is 3.41. The molecule has 0 amide bonds. The van der Waals surface area contributed by atoms with Gasteiger partial charge in [-0.3, -0.25) is 4.79 Å². The lowest BCUT2D eigenvalue weighted by Gasteiger charge is -2.16. The van der Waals surface area contributed by atoms with Crippen molar-refractivity contribution >= 4 is 23.3 Å². The Bertz CT molecular complexity index is 910. The van der Waals surface area contributed by atoms with Crippen LogP contribution in [-0.2, 0) is 4.74 Å². The van der Waals surface area contributed by atoms with Gasteiger partial charge in [-0.1, -0.05) is 31.2 Å². The van der Waals surface area contributed by atoms with Crippen LogP contribution < -0.4 is 10.5 Å². The number of pyridine rings is 1. The van der Waals surface area contributed by atoms with Crippen LogP contribution in [-0.4, -0.2) is 34.6 Å². The first-order chi connectivity index (χ1) is 12.2. The van der Waals surface area contributed by atoms with Crippen LogP contribution in [0.3, 0.4) is 0 Å². The van der Waals surface area contributed by atoms with Gasteiger partial charge in [-0.15, -0.1) is 0 Å². The number of carbonyl (C=O) groups excluding carboxylic acids is 1. The highest BCUT2D eigenvalue weighted by molar-refractivity contribution is 5.89.